The zero-order chi connectivity index (χ0) is 22.1. The first-order valence-electron chi connectivity index (χ1n) is 10.8. The molecule has 3 aromatic rings. The number of likely N-dealkylation sites (tertiary alicyclic amines) is 1. The van der Waals surface area contributed by atoms with Crippen LogP contribution in [0.5, 0.6) is 0 Å². The summed E-state index contributed by atoms with van der Waals surface area (Å²) in [6.07, 6.45) is 0.958. The number of anilines is 2. The first kappa shape index (κ1) is 20.1. The standard InChI is InChI=1S/C25H24N4O3/c30-23(18-7-3-1-4-8-18)28-14-17-13-19(16-28)22-12-11-21(24(31)29(22)15-17)27-25(32)26-20-9-5-2-6-10-20/h1-12,17,19H,13-16H2,(H2,26,27,32). The zero-order valence-corrected chi connectivity index (χ0v) is 17.5. The van der Waals surface area contributed by atoms with Gasteiger partial charge in [0, 0.05) is 42.5 Å². The molecule has 2 N–H and O–H groups in total. The van der Waals surface area contributed by atoms with Gasteiger partial charge in [0.25, 0.3) is 11.5 Å². The number of amides is 3. The number of hydrogen-bond acceptors (Lipinski definition) is 3. The molecule has 1 aromatic heterocycles. The van der Waals surface area contributed by atoms with Gasteiger partial charge in [-0.05, 0) is 48.7 Å². The fourth-order valence-corrected chi connectivity index (χ4v) is 4.78. The second-order valence-electron chi connectivity index (χ2n) is 8.41. The van der Waals surface area contributed by atoms with E-state index in [0.29, 0.717) is 30.9 Å². The number of piperidine rings is 1. The molecular weight excluding hydrogens is 404 g/mol. The van der Waals surface area contributed by atoms with Crippen molar-refractivity contribution in [2.45, 2.75) is 18.9 Å². The molecule has 2 unspecified atom stereocenters. The minimum Gasteiger partial charge on any atom is -0.338 e. The number of pyridine rings is 1. The molecule has 7 nitrogen and oxygen atoms in total. The Bertz CT molecular complexity index is 1210. The van der Waals surface area contributed by atoms with Crippen LogP contribution in [0.15, 0.2) is 77.6 Å². The Hall–Kier alpha value is -3.87. The molecule has 2 aliphatic heterocycles. The number of nitrogens with one attached hydrogen (secondary N) is 2. The van der Waals surface area contributed by atoms with E-state index in [0.717, 1.165) is 12.1 Å². The summed E-state index contributed by atoms with van der Waals surface area (Å²) in [6.45, 7) is 1.76. The summed E-state index contributed by atoms with van der Waals surface area (Å²) in [6, 6.07) is 21.5. The fraction of sp³-hybridized carbons (Fsp3) is 0.240. The van der Waals surface area contributed by atoms with E-state index in [1.165, 1.54) is 0 Å². The SMILES string of the molecule is O=C(Nc1ccccc1)Nc1ccc2n(c1=O)CC1CC2CN(C(=O)c2ccccc2)C1. The molecular formula is C25H24N4O3. The molecule has 3 amide bonds. The van der Waals surface area contributed by atoms with Crippen LogP contribution in [-0.4, -0.2) is 34.5 Å². The summed E-state index contributed by atoms with van der Waals surface area (Å²) in [5.74, 6) is 0.349. The summed E-state index contributed by atoms with van der Waals surface area (Å²) in [7, 11) is 0. The number of para-hydroxylation sites is 1. The molecule has 0 spiro atoms. The van der Waals surface area contributed by atoms with Gasteiger partial charge in [-0.2, -0.15) is 0 Å². The lowest BCUT2D eigenvalue weighted by atomic mass is 9.83. The molecule has 2 aliphatic rings. The van der Waals surface area contributed by atoms with Gasteiger partial charge in [0.05, 0.1) is 0 Å². The predicted octanol–water partition coefficient (Wildman–Crippen LogP) is 3.75. The van der Waals surface area contributed by atoms with E-state index in [4.69, 9.17) is 0 Å². The Kier molecular flexibility index (Phi) is 5.23. The van der Waals surface area contributed by atoms with Gasteiger partial charge in [-0.15, -0.1) is 0 Å². The molecule has 0 saturated carbocycles. The number of nitrogens with zero attached hydrogens (tertiary/aromatic N) is 2. The van der Waals surface area contributed by atoms with E-state index >= 15 is 0 Å². The maximum Gasteiger partial charge on any atom is 0.323 e. The predicted molar refractivity (Wildman–Crippen MR) is 123 cm³/mol. The van der Waals surface area contributed by atoms with Crippen LogP contribution in [0.2, 0.25) is 0 Å². The van der Waals surface area contributed by atoms with E-state index in [9.17, 15) is 14.4 Å². The number of carbonyl (C=O) groups excluding carboxylic acids is 2. The Morgan fingerprint density at radius 1 is 0.812 bits per heavy atom. The molecule has 0 aliphatic carbocycles. The Balaban J connectivity index is 1.34. The number of hydrogen-bond donors (Lipinski definition) is 2. The average Bonchev–Trinajstić information content (AvgIpc) is 2.82. The van der Waals surface area contributed by atoms with Crippen molar-refractivity contribution in [3.8, 4) is 0 Å². The number of benzene rings is 2. The molecule has 1 saturated heterocycles. The fourth-order valence-electron chi connectivity index (χ4n) is 4.78. The highest BCUT2D eigenvalue weighted by Gasteiger charge is 2.37. The molecule has 2 bridgehead atoms. The molecule has 5 rings (SSSR count). The van der Waals surface area contributed by atoms with Crippen LogP contribution in [0.1, 0.15) is 28.4 Å². The van der Waals surface area contributed by atoms with E-state index in [1.807, 2.05) is 59.5 Å². The van der Waals surface area contributed by atoms with E-state index < -0.39 is 6.03 Å². The van der Waals surface area contributed by atoms with Crippen molar-refractivity contribution in [2.24, 2.45) is 5.92 Å². The molecule has 2 atom stereocenters. The van der Waals surface area contributed by atoms with Gasteiger partial charge < -0.3 is 20.1 Å². The third kappa shape index (κ3) is 3.89. The molecule has 32 heavy (non-hydrogen) atoms. The molecule has 3 heterocycles. The first-order chi connectivity index (χ1) is 15.6. The van der Waals surface area contributed by atoms with Crippen molar-refractivity contribution in [3.05, 3.63) is 94.4 Å². The van der Waals surface area contributed by atoms with Gasteiger partial charge >= 0.3 is 6.03 Å². The highest BCUT2D eigenvalue weighted by atomic mass is 16.2. The Morgan fingerprint density at radius 3 is 2.28 bits per heavy atom. The van der Waals surface area contributed by atoms with Crippen molar-refractivity contribution in [1.82, 2.24) is 9.47 Å². The molecule has 1 fully saturated rings. The van der Waals surface area contributed by atoms with Gasteiger partial charge in [-0.1, -0.05) is 36.4 Å². The molecule has 2 aromatic carbocycles. The smallest absolute Gasteiger partial charge is 0.323 e. The van der Waals surface area contributed by atoms with Crippen LogP contribution in [0.4, 0.5) is 16.2 Å². The van der Waals surface area contributed by atoms with Gasteiger partial charge in [0.15, 0.2) is 0 Å². The number of fused-ring (bicyclic) bond motifs is 4. The van der Waals surface area contributed by atoms with Crippen molar-refractivity contribution in [2.75, 3.05) is 23.7 Å². The highest BCUT2D eigenvalue weighted by Crippen LogP contribution is 2.36. The third-order valence-electron chi connectivity index (χ3n) is 6.19. The van der Waals surface area contributed by atoms with Crippen LogP contribution in [-0.2, 0) is 6.54 Å². The van der Waals surface area contributed by atoms with Crippen LogP contribution >= 0.6 is 0 Å². The minimum absolute atomic E-state index is 0.0342. The van der Waals surface area contributed by atoms with Crippen LogP contribution in [0, 0.1) is 5.92 Å². The second-order valence-corrected chi connectivity index (χ2v) is 8.41. The van der Waals surface area contributed by atoms with Gasteiger partial charge in [0.1, 0.15) is 5.69 Å². The van der Waals surface area contributed by atoms with Gasteiger partial charge in [-0.3, -0.25) is 9.59 Å². The van der Waals surface area contributed by atoms with Gasteiger partial charge in [0.2, 0.25) is 0 Å². The number of rotatable bonds is 3. The van der Waals surface area contributed by atoms with Crippen LogP contribution in [0.3, 0.4) is 0 Å². The van der Waals surface area contributed by atoms with Crippen LogP contribution in [0.25, 0.3) is 0 Å². The monoisotopic (exact) mass is 428 g/mol. The number of aromatic nitrogens is 1. The quantitative estimate of drug-likeness (QED) is 0.666. The summed E-state index contributed by atoms with van der Waals surface area (Å²) in [5.41, 5.74) is 2.31. The topological polar surface area (TPSA) is 83.4 Å². The van der Waals surface area contributed by atoms with Crippen molar-refractivity contribution in [3.63, 3.8) is 0 Å². The lowest BCUT2D eigenvalue weighted by molar-refractivity contribution is 0.0594. The Labute approximate surface area is 185 Å². The molecule has 7 heteroatoms. The Morgan fingerprint density at radius 2 is 1.53 bits per heavy atom. The summed E-state index contributed by atoms with van der Waals surface area (Å²) in [4.78, 5) is 40.3. The summed E-state index contributed by atoms with van der Waals surface area (Å²) >= 11 is 0. The first-order valence-corrected chi connectivity index (χ1v) is 10.8. The summed E-state index contributed by atoms with van der Waals surface area (Å²) in [5, 5.41) is 5.40. The lowest BCUT2D eigenvalue weighted by Gasteiger charge is -2.43. The average molecular weight is 428 g/mol. The third-order valence-corrected chi connectivity index (χ3v) is 6.19. The maximum atomic E-state index is 13.1. The maximum absolute atomic E-state index is 13.1. The minimum atomic E-state index is -0.454. The van der Waals surface area contributed by atoms with Gasteiger partial charge in [-0.25, -0.2) is 4.79 Å². The second kappa shape index (κ2) is 8.34. The van der Waals surface area contributed by atoms with Crippen molar-refractivity contribution in [1.29, 1.82) is 0 Å². The van der Waals surface area contributed by atoms with E-state index in [2.05, 4.69) is 10.6 Å². The number of carbonyl (C=O) groups is 2. The van der Waals surface area contributed by atoms with Crippen molar-refractivity contribution < 1.29 is 9.59 Å². The lowest BCUT2D eigenvalue weighted by Crippen LogP contribution is -2.49. The van der Waals surface area contributed by atoms with E-state index in [1.54, 1.807) is 22.8 Å². The number of urea groups is 1. The molecule has 0 radical (unpaired) electrons. The van der Waals surface area contributed by atoms with Crippen LogP contribution < -0.4 is 16.2 Å². The largest absolute Gasteiger partial charge is 0.338 e. The highest BCUT2D eigenvalue weighted by molar-refractivity contribution is 5.99. The van der Waals surface area contributed by atoms with Crippen molar-refractivity contribution >= 4 is 23.3 Å². The molecule has 162 valence electrons. The van der Waals surface area contributed by atoms with E-state index in [-0.39, 0.29) is 29.0 Å². The normalized spacial score (nSPS) is 19.1. The zero-order valence-electron chi connectivity index (χ0n) is 17.5. The summed E-state index contributed by atoms with van der Waals surface area (Å²) < 4.78 is 1.77.